The number of nitrogens with one attached hydrogen (secondary N) is 2. The lowest BCUT2D eigenvalue weighted by Gasteiger charge is -2.09. The number of aromatic nitrogens is 4. The first-order valence-corrected chi connectivity index (χ1v) is 9.92. The number of sulfonamides is 1. The van der Waals surface area contributed by atoms with Crippen LogP contribution in [0.4, 0.5) is 5.69 Å². The number of hydrogen-bond acceptors (Lipinski definition) is 4. The Morgan fingerprint density at radius 2 is 1.93 bits per heavy atom. The maximum Gasteiger partial charge on any atom is 0.265 e. The zero-order valence-electron chi connectivity index (χ0n) is 15.2. The Hall–Kier alpha value is -3.13. The lowest BCUT2D eigenvalue weighted by atomic mass is 10.1. The number of hydrogen-bond donors (Lipinski definition) is 2. The predicted octanol–water partition coefficient (Wildman–Crippen LogP) is 3.45. The van der Waals surface area contributed by atoms with E-state index < -0.39 is 10.0 Å². The molecule has 3 heterocycles. The van der Waals surface area contributed by atoms with Gasteiger partial charge >= 0.3 is 0 Å². The molecule has 0 saturated carbocycles. The number of benzene rings is 1. The summed E-state index contributed by atoms with van der Waals surface area (Å²) in [6.45, 7) is 5.35. The molecule has 0 amide bonds. The summed E-state index contributed by atoms with van der Waals surface area (Å²) < 4.78 is 30.1. The van der Waals surface area contributed by atoms with Gasteiger partial charge in [0.25, 0.3) is 10.0 Å². The fraction of sp³-hybridized carbons (Fsp3) is 0.158. The highest BCUT2D eigenvalue weighted by Crippen LogP contribution is 2.26. The van der Waals surface area contributed by atoms with Crippen molar-refractivity contribution in [2.45, 2.75) is 25.7 Å². The van der Waals surface area contributed by atoms with Crippen molar-refractivity contribution in [3.05, 3.63) is 65.7 Å². The summed E-state index contributed by atoms with van der Waals surface area (Å²) in [4.78, 5) is 4.85. The first-order chi connectivity index (χ1) is 12.8. The minimum absolute atomic E-state index is 0.177. The molecule has 2 N–H and O–H groups in total. The number of aromatic amines is 1. The highest BCUT2D eigenvalue weighted by Gasteiger charge is 2.22. The fourth-order valence-electron chi connectivity index (χ4n) is 3.18. The molecule has 0 bridgehead atoms. The summed E-state index contributed by atoms with van der Waals surface area (Å²) in [6, 6.07) is 11.2. The van der Waals surface area contributed by atoms with Crippen LogP contribution in [-0.4, -0.2) is 28.0 Å². The van der Waals surface area contributed by atoms with Crippen LogP contribution in [0.15, 0.2) is 53.7 Å². The Labute approximate surface area is 157 Å². The highest BCUT2D eigenvalue weighted by atomic mass is 32.2. The topological polar surface area (TPSA) is 92.1 Å². The van der Waals surface area contributed by atoms with Gasteiger partial charge in [-0.05, 0) is 44.5 Å². The van der Waals surface area contributed by atoms with Crippen molar-refractivity contribution in [3.63, 3.8) is 0 Å². The van der Waals surface area contributed by atoms with Crippen LogP contribution in [0.25, 0.3) is 16.9 Å². The molecule has 138 valence electrons. The van der Waals surface area contributed by atoms with Crippen LogP contribution in [0.3, 0.4) is 0 Å². The second-order valence-electron chi connectivity index (χ2n) is 6.50. The lowest BCUT2D eigenvalue weighted by molar-refractivity contribution is 0.600. The van der Waals surface area contributed by atoms with Gasteiger partial charge in [0.1, 0.15) is 10.5 Å². The van der Waals surface area contributed by atoms with Crippen LogP contribution >= 0.6 is 0 Å². The second kappa shape index (κ2) is 6.24. The van der Waals surface area contributed by atoms with Gasteiger partial charge in [-0.3, -0.25) is 9.82 Å². The van der Waals surface area contributed by atoms with Crippen molar-refractivity contribution >= 4 is 21.4 Å². The summed E-state index contributed by atoms with van der Waals surface area (Å²) >= 11 is 0. The Morgan fingerprint density at radius 3 is 2.63 bits per heavy atom. The van der Waals surface area contributed by atoms with Crippen LogP contribution < -0.4 is 4.72 Å². The molecule has 4 rings (SSSR count). The third-order valence-corrected chi connectivity index (χ3v) is 6.06. The molecule has 8 heteroatoms. The van der Waals surface area contributed by atoms with Gasteiger partial charge in [0.15, 0.2) is 0 Å². The standard InChI is InChI=1S/C19H19N5O2S/c1-12-6-5-9-24-11-17(20-19(12)24)15-7-4-8-16(10-15)23-27(25,26)18-13(2)21-22-14(18)3/h4-11,23H,1-3H3,(H,21,22). The number of fused-ring (bicyclic) bond motifs is 1. The summed E-state index contributed by atoms with van der Waals surface area (Å²) in [7, 11) is -3.73. The first-order valence-electron chi connectivity index (χ1n) is 8.44. The summed E-state index contributed by atoms with van der Waals surface area (Å²) in [5.41, 5.74) is 4.98. The van der Waals surface area contributed by atoms with Crippen LogP contribution in [0, 0.1) is 20.8 Å². The Kier molecular flexibility index (Phi) is 4.00. The number of H-pyrrole nitrogens is 1. The third-order valence-electron chi connectivity index (χ3n) is 4.42. The van der Waals surface area contributed by atoms with Gasteiger partial charge in [0.2, 0.25) is 0 Å². The molecule has 0 radical (unpaired) electrons. The minimum Gasteiger partial charge on any atom is -0.306 e. The Bertz CT molecular complexity index is 1230. The van der Waals surface area contributed by atoms with E-state index in [0.717, 1.165) is 22.5 Å². The largest absolute Gasteiger partial charge is 0.306 e. The predicted molar refractivity (Wildman–Crippen MR) is 104 cm³/mol. The Morgan fingerprint density at radius 1 is 1.11 bits per heavy atom. The second-order valence-corrected chi connectivity index (χ2v) is 8.12. The van der Waals surface area contributed by atoms with Gasteiger partial charge in [-0.2, -0.15) is 5.10 Å². The monoisotopic (exact) mass is 381 g/mol. The molecule has 0 saturated heterocycles. The summed E-state index contributed by atoms with van der Waals surface area (Å²) in [5, 5.41) is 6.67. The number of rotatable bonds is 4. The highest BCUT2D eigenvalue weighted by molar-refractivity contribution is 7.92. The van der Waals surface area contributed by atoms with Crippen LogP contribution in [0.1, 0.15) is 17.0 Å². The van der Waals surface area contributed by atoms with Crippen molar-refractivity contribution in [3.8, 4) is 11.3 Å². The van der Waals surface area contributed by atoms with E-state index >= 15 is 0 Å². The molecular formula is C19H19N5O2S. The van der Waals surface area contributed by atoms with Gasteiger partial charge < -0.3 is 4.40 Å². The maximum atomic E-state index is 12.7. The van der Waals surface area contributed by atoms with E-state index in [1.807, 2.05) is 41.9 Å². The first kappa shape index (κ1) is 17.3. The van der Waals surface area contributed by atoms with Gasteiger partial charge in [0, 0.05) is 23.6 Å². The molecule has 0 unspecified atom stereocenters. The average Bonchev–Trinajstić information content (AvgIpc) is 3.19. The van der Waals surface area contributed by atoms with Crippen molar-refractivity contribution in [2.24, 2.45) is 0 Å². The fourth-order valence-corrected chi connectivity index (χ4v) is 4.60. The van der Waals surface area contributed by atoms with E-state index in [1.165, 1.54) is 0 Å². The van der Waals surface area contributed by atoms with Crippen molar-refractivity contribution in [1.29, 1.82) is 0 Å². The number of aryl methyl sites for hydroxylation is 3. The summed E-state index contributed by atoms with van der Waals surface area (Å²) in [6.07, 6.45) is 3.87. The SMILES string of the molecule is Cc1n[nH]c(C)c1S(=O)(=O)Nc1cccc(-c2cn3cccc(C)c3n2)c1. The van der Waals surface area contributed by atoms with Crippen molar-refractivity contribution in [1.82, 2.24) is 19.6 Å². The molecule has 0 spiro atoms. The molecule has 0 aliphatic heterocycles. The number of pyridine rings is 1. The average molecular weight is 381 g/mol. The normalized spacial score (nSPS) is 11.8. The van der Waals surface area contributed by atoms with E-state index in [9.17, 15) is 8.42 Å². The zero-order valence-corrected chi connectivity index (χ0v) is 16.0. The van der Waals surface area contributed by atoms with Crippen LogP contribution in [0.5, 0.6) is 0 Å². The molecular weight excluding hydrogens is 362 g/mol. The molecule has 7 nitrogen and oxygen atoms in total. The zero-order chi connectivity index (χ0) is 19.2. The number of anilines is 1. The molecule has 3 aromatic heterocycles. The van der Waals surface area contributed by atoms with Crippen molar-refractivity contribution < 1.29 is 8.42 Å². The molecule has 1 aromatic carbocycles. The molecule has 0 aliphatic carbocycles. The van der Waals surface area contributed by atoms with Crippen molar-refractivity contribution in [2.75, 3.05) is 4.72 Å². The van der Waals surface area contributed by atoms with Gasteiger partial charge in [0.05, 0.1) is 17.1 Å². The van der Waals surface area contributed by atoms with Crippen LogP contribution in [0.2, 0.25) is 0 Å². The smallest absolute Gasteiger partial charge is 0.265 e. The molecule has 27 heavy (non-hydrogen) atoms. The molecule has 0 atom stereocenters. The van der Waals surface area contributed by atoms with E-state index in [1.54, 1.807) is 32.0 Å². The molecule has 0 fully saturated rings. The van der Waals surface area contributed by atoms with E-state index in [0.29, 0.717) is 17.1 Å². The minimum atomic E-state index is -3.73. The maximum absolute atomic E-state index is 12.7. The molecule has 0 aliphatic rings. The van der Waals surface area contributed by atoms with E-state index in [4.69, 9.17) is 0 Å². The van der Waals surface area contributed by atoms with Gasteiger partial charge in [-0.25, -0.2) is 13.4 Å². The molecule has 4 aromatic rings. The quantitative estimate of drug-likeness (QED) is 0.566. The third kappa shape index (κ3) is 3.08. The number of nitrogens with zero attached hydrogens (tertiary/aromatic N) is 3. The number of imidazole rings is 1. The van der Waals surface area contributed by atoms with E-state index in [2.05, 4.69) is 19.9 Å². The lowest BCUT2D eigenvalue weighted by Crippen LogP contribution is -2.14. The Balaban J connectivity index is 1.71. The van der Waals surface area contributed by atoms with Gasteiger partial charge in [-0.15, -0.1) is 0 Å². The summed E-state index contributed by atoms with van der Waals surface area (Å²) in [5.74, 6) is 0. The van der Waals surface area contributed by atoms with Gasteiger partial charge in [-0.1, -0.05) is 18.2 Å². The van der Waals surface area contributed by atoms with E-state index in [-0.39, 0.29) is 4.90 Å². The van der Waals surface area contributed by atoms with Crippen LogP contribution in [-0.2, 0) is 10.0 Å².